The summed E-state index contributed by atoms with van der Waals surface area (Å²) in [5.41, 5.74) is 2.96. The Morgan fingerprint density at radius 2 is 1.88 bits per heavy atom. The Morgan fingerprint density at radius 1 is 1.12 bits per heavy atom. The lowest BCUT2D eigenvalue weighted by Crippen LogP contribution is -2.44. The fourth-order valence-corrected chi connectivity index (χ4v) is 3.94. The van der Waals surface area contributed by atoms with Crippen molar-refractivity contribution < 1.29 is 4.79 Å². The second kappa shape index (κ2) is 7.64. The summed E-state index contributed by atoms with van der Waals surface area (Å²) in [6.45, 7) is 3.01. The van der Waals surface area contributed by atoms with E-state index in [1.54, 1.807) is 0 Å². The number of fused-ring (bicyclic) bond motifs is 1. The molecule has 1 saturated heterocycles. The number of H-pyrrole nitrogens is 1. The molecule has 2 heterocycles. The van der Waals surface area contributed by atoms with Crippen LogP contribution in [0.25, 0.3) is 10.9 Å². The predicted octanol–water partition coefficient (Wildman–Crippen LogP) is 4.32. The number of halogens is 1. The molecule has 26 heavy (non-hydrogen) atoms. The summed E-state index contributed by atoms with van der Waals surface area (Å²) in [6, 6.07) is 18.7. The van der Waals surface area contributed by atoms with Gasteiger partial charge in [0, 0.05) is 41.1 Å². The maximum atomic E-state index is 12.6. The number of carbonyl (C=O) groups excluding carboxylic acids is 1. The number of benzene rings is 2. The number of carbonyl (C=O) groups is 1. The monoisotopic (exact) mass is 411 g/mol. The molecule has 4 nitrogen and oxygen atoms in total. The topological polar surface area (TPSA) is 48.1 Å². The first-order chi connectivity index (χ1) is 12.7. The lowest BCUT2D eigenvalue weighted by Gasteiger charge is -2.32. The zero-order valence-electron chi connectivity index (χ0n) is 14.5. The third-order valence-corrected chi connectivity index (χ3v) is 5.49. The van der Waals surface area contributed by atoms with Gasteiger partial charge in [-0.3, -0.25) is 9.69 Å². The van der Waals surface area contributed by atoms with Crippen LogP contribution in [0.1, 0.15) is 28.9 Å². The number of likely N-dealkylation sites (tertiary alicyclic amines) is 1. The number of aromatic amines is 1. The van der Waals surface area contributed by atoms with Crippen LogP contribution in [0.4, 0.5) is 0 Å². The number of amides is 1. The molecule has 2 N–H and O–H groups in total. The van der Waals surface area contributed by atoms with E-state index in [1.165, 1.54) is 5.56 Å². The fraction of sp³-hybridized carbons (Fsp3) is 0.286. The SMILES string of the molecule is O=C(NC1CCN(Cc2ccccc2)CC1)c1cc2cc(Br)ccc2[nH]1. The smallest absolute Gasteiger partial charge is 0.267 e. The van der Waals surface area contributed by atoms with Gasteiger partial charge in [0.1, 0.15) is 5.69 Å². The number of rotatable bonds is 4. The Kier molecular flexibility index (Phi) is 5.09. The molecule has 5 heteroatoms. The largest absolute Gasteiger partial charge is 0.351 e. The van der Waals surface area contributed by atoms with Gasteiger partial charge >= 0.3 is 0 Å². The minimum Gasteiger partial charge on any atom is -0.351 e. The quantitative estimate of drug-likeness (QED) is 0.671. The average molecular weight is 412 g/mol. The molecule has 0 atom stereocenters. The van der Waals surface area contributed by atoms with E-state index >= 15 is 0 Å². The van der Waals surface area contributed by atoms with Crippen molar-refractivity contribution in [2.45, 2.75) is 25.4 Å². The lowest BCUT2D eigenvalue weighted by atomic mass is 10.0. The van der Waals surface area contributed by atoms with Gasteiger partial charge in [0.2, 0.25) is 0 Å². The van der Waals surface area contributed by atoms with E-state index in [-0.39, 0.29) is 11.9 Å². The van der Waals surface area contributed by atoms with Gasteiger partial charge in [-0.2, -0.15) is 0 Å². The number of nitrogens with one attached hydrogen (secondary N) is 2. The van der Waals surface area contributed by atoms with Gasteiger partial charge in [0.15, 0.2) is 0 Å². The standard InChI is InChI=1S/C21H22BrN3O/c22-17-6-7-19-16(12-17)13-20(24-19)21(26)23-18-8-10-25(11-9-18)14-15-4-2-1-3-5-15/h1-7,12-13,18,24H,8-11,14H2,(H,23,26). The molecule has 1 amide bonds. The first-order valence-electron chi connectivity index (χ1n) is 9.03. The van der Waals surface area contributed by atoms with E-state index in [0.717, 1.165) is 47.9 Å². The maximum Gasteiger partial charge on any atom is 0.267 e. The summed E-state index contributed by atoms with van der Waals surface area (Å²) >= 11 is 3.47. The number of hydrogen-bond acceptors (Lipinski definition) is 2. The highest BCUT2D eigenvalue weighted by molar-refractivity contribution is 9.10. The number of hydrogen-bond donors (Lipinski definition) is 2. The molecule has 0 radical (unpaired) electrons. The molecule has 4 rings (SSSR count). The summed E-state index contributed by atoms with van der Waals surface area (Å²) in [4.78, 5) is 18.2. The third-order valence-electron chi connectivity index (χ3n) is 5.00. The van der Waals surface area contributed by atoms with E-state index in [9.17, 15) is 4.79 Å². The summed E-state index contributed by atoms with van der Waals surface area (Å²) in [6.07, 6.45) is 1.98. The number of piperidine rings is 1. The molecule has 2 aromatic carbocycles. The van der Waals surface area contributed by atoms with Crippen LogP contribution < -0.4 is 5.32 Å². The first-order valence-corrected chi connectivity index (χ1v) is 9.82. The fourth-order valence-electron chi connectivity index (χ4n) is 3.57. The van der Waals surface area contributed by atoms with Crippen LogP contribution in [0.5, 0.6) is 0 Å². The molecule has 1 aromatic heterocycles. The van der Waals surface area contributed by atoms with Crippen molar-refractivity contribution >= 4 is 32.7 Å². The van der Waals surface area contributed by atoms with Crippen LogP contribution in [-0.2, 0) is 6.54 Å². The molecule has 0 spiro atoms. The van der Waals surface area contributed by atoms with E-state index in [0.29, 0.717) is 5.69 Å². The van der Waals surface area contributed by atoms with Gasteiger partial charge in [-0.25, -0.2) is 0 Å². The van der Waals surface area contributed by atoms with Crippen LogP contribution in [0.3, 0.4) is 0 Å². The van der Waals surface area contributed by atoms with E-state index in [4.69, 9.17) is 0 Å². The molecule has 1 aliphatic rings. The van der Waals surface area contributed by atoms with Crippen LogP contribution in [0.2, 0.25) is 0 Å². The van der Waals surface area contributed by atoms with Crippen molar-refractivity contribution in [1.82, 2.24) is 15.2 Å². The Bertz CT molecular complexity index is 898. The zero-order chi connectivity index (χ0) is 17.9. The van der Waals surface area contributed by atoms with Crippen LogP contribution in [-0.4, -0.2) is 34.9 Å². The third kappa shape index (κ3) is 4.00. The molecule has 0 saturated carbocycles. The first kappa shape index (κ1) is 17.3. The molecule has 0 bridgehead atoms. The highest BCUT2D eigenvalue weighted by Gasteiger charge is 2.21. The van der Waals surface area contributed by atoms with Crippen LogP contribution >= 0.6 is 15.9 Å². The molecule has 3 aromatic rings. The van der Waals surface area contributed by atoms with E-state index in [2.05, 4.69) is 55.4 Å². The van der Waals surface area contributed by atoms with E-state index < -0.39 is 0 Å². The van der Waals surface area contributed by atoms with Gasteiger partial charge < -0.3 is 10.3 Å². The summed E-state index contributed by atoms with van der Waals surface area (Å²) in [5, 5.41) is 4.23. The summed E-state index contributed by atoms with van der Waals surface area (Å²) in [7, 11) is 0. The summed E-state index contributed by atoms with van der Waals surface area (Å²) in [5.74, 6) is -0.0150. The predicted molar refractivity (Wildman–Crippen MR) is 108 cm³/mol. The number of aromatic nitrogens is 1. The minimum absolute atomic E-state index is 0.0150. The van der Waals surface area contributed by atoms with Crippen molar-refractivity contribution in [1.29, 1.82) is 0 Å². The molecule has 1 aliphatic heterocycles. The maximum absolute atomic E-state index is 12.6. The second-order valence-corrected chi connectivity index (χ2v) is 7.84. The van der Waals surface area contributed by atoms with Gasteiger partial charge in [-0.15, -0.1) is 0 Å². The summed E-state index contributed by atoms with van der Waals surface area (Å²) < 4.78 is 1.02. The molecule has 0 unspecified atom stereocenters. The molecular formula is C21H22BrN3O. The van der Waals surface area contributed by atoms with Crippen molar-refractivity contribution in [3.63, 3.8) is 0 Å². The molecule has 1 fully saturated rings. The highest BCUT2D eigenvalue weighted by Crippen LogP contribution is 2.21. The zero-order valence-corrected chi connectivity index (χ0v) is 16.1. The second-order valence-electron chi connectivity index (χ2n) is 6.92. The van der Waals surface area contributed by atoms with Crippen molar-refractivity contribution in [3.05, 3.63) is 70.3 Å². The molecule has 134 valence electrons. The van der Waals surface area contributed by atoms with Crippen LogP contribution in [0.15, 0.2) is 59.1 Å². The average Bonchev–Trinajstić information content (AvgIpc) is 3.07. The van der Waals surface area contributed by atoms with Crippen molar-refractivity contribution in [2.24, 2.45) is 0 Å². The van der Waals surface area contributed by atoms with Crippen molar-refractivity contribution in [3.8, 4) is 0 Å². The Hall–Kier alpha value is -2.11. The van der Waals surface area contributed by atoms with Gasteiger partial charge in [-0.05, 0) is 42.7 Å². The van der Waals surface area contributed by atoms with E-state index in [1.807, 2.05) is 30.3 Å². The molecular weight excluding hydrogens is 390 g/mol. The van der Waals surface area contributed by atoms with Gasteiger partial charge in [0.25, 0.3) is 5.91 Å². The Balaban J connectivity index is 1.32. The highest BCUT2D eigenvalue weighted by atomic mass is 79.9. The van der Waals surface area contributed by atoms with Crippen molar-refractivity contribution in [2.75, 3.05) is 13.1 Å². The Morgan fingerprint density at radius 3 is 2.65 bits per heavy atom. The Labute approximate surface area is 161 Å². The number of nitrogens with zero attached hydrogens (tertiary/aromatic N) is 1. The van der Waals surface area contributed by atoms with Crippen LogP contribution in [0, 0.1) is 0 Å². The molecule has 0 aliphatic carbocycles. The normalized spacial score (nSPS) is 16.0. The van der Waals surface area contributed by atoms with Gasteiger partial charge in [0.05, 0.1) is 0 Å². The lowest BCUT2D eigenvalue weighted by molar-refractivity contribution is 0.0904. The van der Waals surface area contributed by atoms with Gasteiger partial charge in [-0.1, -0.05) is 46.3 Å². The minimum atomic E-state index is -0.0150.